The summed E-state index contributed by atoms with van der Waals surface area (Å²) in [5, 5.41) is 9.55. The zero-order valence-electron chi connectivity index (χ0n) is 11.3. The van der Waals surface area contributed by atoms with Crippen molar-refractivity contribution < 1.29 is 19.4 Å². The second-order valence-electron chi connectivity index (χ2n) is 6.03. The largest absolute Gasteiger partial charge is 0.481 e. The van der Waals surface area contributed by atoms with Gasteiger partial charge in [-0.05, 0) is 26.7 Å². The molecular weight excluding hydrogens is 234 g/mol. The first-order valence-electron chi connectivity index (χ1n) is 6.60. The van der Waals surface area contributed by atoms with Gasteiger partial charge in [0.1, 0.15) is 5.41 Å². The Balaban J connectivity index is 2.10. The first-order chi connectivity index (χ1) is 8.46. The number of morpholine rings is 1. The zero-order valence-corrected chi connectivity index (χ0v) is 11.3. The van der Waals surface area contributed by atoms with Gasteiger partial charge in [0, 0.05) is 25.2 Å². The summed E-state index contributed by atoms with van der Waals surface area (Å²) in [5.41, 5.74) is -0.842. The maximum Gasteiger partial charge on any atom is 0.313 e. The van der Waals surface area contributed by atoms with Gasteiger partial charge in [0.15, 0.2) is 0 Å². The minimum atomic E-state index is -0.743. The van der Waals surface area contributed by atoms with Crippen molar-refractivity contribution in [2.75, 3.05) is 39.5 Å². The van der Waals surface area contributed by atoms with Gasteiger partial charge in [0.25, 0.3) is 0 Å². The van der Waals surface area contributed by atoms with Crippen LogP contribution >= 0.6 is 0 Å². The quantitative estimate of drug-likeness (QED) is 0.816. The van der Waals surface area contributed by atoms with E-state index in [1.807, 2.05) is 0 Å². The normalized spacial score (nSPS) is 33.2. The molecule has 0 aromatic rings. The summed E-state index contributed by atoms with van der Waals surface area (Å²) >= 11 is 0. The van der Waals surface area contributed by atoms with Crippen LogP contribution in [0.1, 0.15) is 26.7 Å². The van der Waals surface area contributed by atoms with Crippen molar-refractivity contribution in [1.82, 2.24) is 4.90 Å². The lowest BCUT2D eigenvalue weighted by molar-refractivity contribution is -0.164. The first kappa shape index (κ1) is 13.8. The Morgan fingerprint density at radius 2 is 2.00 bits per heavy atom. The highest BCUT2D eigenvalue weighted by molar-refractivity contribution is 5.75. The van der Waals surface area contributed by atoms with Gasteiger partial charge in [-0.3, -0.25) is 9.69 Å². The molecule has 0 bridgehead atoms. The molecule has 0 spiro atoms. The molecule has 2 saturated heterocycles. The number of rotatable bonds is 3. The zero-order chi connectivity index (χ0) is 13.2. The fraction of sp³-hybridized carbons (Fsp3) is 0.923. The van der Waals surface area contributed by atoms with Crippen molar-refractivity contribution in [2.45, 2.75) is 32.2 Å². The van der Waals surface area contributed by atoms with E-state index in [1.165, 1.54) is 0 Å². The molecule has 0 aromatic heterocycles. The summed E-state index contributed by atoms with van der Waals surface area (Å²) in [4.78, 5) is 13.9. The molecule has 0 radical (unpaired) electrons. The second-order valence-corrected chi connectivity index (χ2v) is 6.03. The Morgan fingerprint density at radius 3 is 2.56 bits per heavy atom. The Kier molecular flexibility index (Phi) is 3.94. The van der Waals surface area contributed by atoms with Crippen LogP contribution in [0.2, 0.25) is 0 Å². The average molecular weight is 257 g/mol. The fourth-order valence-corrected chi connectivity index (χ4v) is 2.76. The minimum absolute atomic E-state index is 0.0991. The molecule has 1 unspecified atom stereocenters. The molecule has 2 aliphatic heterocycles. The van der Waals surface area contributed by atoms with E-state index in [1.54, 1.807) is 0 Å². The van der Waals surface area contributed by atoms with Crippen LogP contribution in [0.15, 0.2) is 0 Å². The van der Waals surface area contributed by atoms with Gasteiger partial charge in [-0.1, -0.05) is 0 Å². The Labute approximate surface area is 108 Å². The smallest absolute Gasteiger partial charge is 0.313 e. The highest BCUT2D eigenvalue weighted by atomic mass is 16.5. The summed E-state index contributed by atoms with van der Waals surface area (Å²) < 4.78 is 10.9. The number of aliphatic carboxylic acids is 1. The van der Waals surface area contributed by atoms with Crippen molar-refractivity contribution in [3.05, 3.63) is 0 Å². The lowest BCUT2D eigenvalue weighted by atomic mass is 9.80. The van der Waals surface area contributed by atoms with Crippen molar-refractivity contribution >= 4 is 5.97 Å². The van der Waals surface area contributed by atoms with E-state index < -0.39 is 11.4 Å². The van der Waals surface area contributed by atoms with E-state index in [0.29, 0.717) is 39.4 Å². The third kappa shape index (κ3) is 2.68. The molecule has 2 rings (SSSR count). The van der Waals surface area contributed by atoms with Gasteiger partial charge in [-0.25, -0.2) is 0 Å². The number of hydrogen-bond acceptors (Lipinski definition) is 4. The molecule has 18 heavy (non-hydrogen) atoms. The maximum atomic E-state index is 11.6. The van der Waals surface area contributed by atoms with Crippen molar-refractivity contribution in [2.24, 2.45) is 5.41 Å². The maximum absolute atomic E-state index is 11.6. The lowest BCUT2D eigenvalue weighted by Gasteiger charge is -2.46. The van der Waals surface area contributed by atoms with Crippen LogP contribution in [-0.4, -0.2) is 61.0 Å². The van der Waals surface area contributed by atoms with E-state index in [2.05, 4.69) is 18.7 Å². The van der Waals surface area contributed by atoms with E-state index in [-0.39, 0.29) is 5.54 Å². The summed E-state index contributed by atoms with van der Waals surface area (Å²) in [7, 11) is 0. The highest BCUT2D eigenvalue weighted by Gasteiger charge is 2.45. The molecule has 0 aromatic carbocycles. The van der Waals surface area contributed by atoms with Crippen LogP contribution in [-0.2, 0) is 14.3 Å². The van der Waals surface area contributed by atoms with Gasteiger partial charge in [0.05, 0.1) is 19.8 Å². The summed E-state index contributed by atoms with van der Waals surface area (Å²) in [6, 6.07) is 0. The summed E-state index contributed by atoms with van der Waals surface area (Å²) in [6.45, 7) is 7.90. The van der Waals surface area contributed by atoms with Gasteiger partial charge < -0.3 is 14.6 Å². The van der Waals surface area contributed by atoms with Crippen LogP contribution in [0.25, 0.3) is 0 Å². The predicted octanol–water partition coefficient (Wildman–Crippen LogP) is 0.979. The first-order valence-corrected chi connectivity index (χ1v) is 6.60. The van der Waals surface area contributed by atoms with Gasteiger partial charge in [0.2, 0.25) is 0 Å². The molecule has 5 nitrogen and oxygen atoms in total. The third-order valence-electron chi connectivity index (χ3n) is 4.09. The number of carboxylic acids is 1. The average Bonchev–Trinajstić information content (AvgIpc) is 2.33. The fourth-order valence-electron chi connectivity index (χ4n) is 2.76. The van der Waals surface area contributed by atoms with Crippen molar-refractivity contribution in [1.29, 1.82) is 0 Å². The van der Waals surface area contributed by atoms with Crippen molar-refractivity contribution in [3.8, 4) is 0 Å². The standard InChI is InChI=1S/C13H23NO4/c1-12(2)9-18-7-5-14(12)8-13(11(15)16)4-3-6-17-10-13/h3-10H2,1-2H3,(H,15,16). The van der Waals surface area contributed by atoms with Crippen LogP contribution < -0.4 is 0 Å². The molecule has 2 aliphatic rings. The lowest BCUT2D eigenvalue weighted by Crippen LogP contribution is -2.59. The minimum Gasteiger partial charge on any atom is -0.481 e. The van der Waals surface area contributed by atoms with E-state index in [9.17, 15) is 9.90 Å². The van der Waals surface area contributed by atoms with E-state index in [0.717, 1.165) is 13.0 Å². The number of carboxylic acid groups (broad SMARTS) is 1. The molecule has 0 aliphatic carbocycles. The number of ether oxygens (including phenoxy) is 2. The third-order valence-corrected chi connectivity index (χ3v) is 4.09. The van der Waals surface area contributed by atoms with Gasteiger partial charge in [-0.15, -0.1) is 0 Å². The van der Waals surface area contributed by atoms with Crippen LogP contribution in [0, 0.1) is 5.41 Å². The number of hydrogen-bond donors (Lipinski definition) is 1. The van der Waals surface area contributed by atoms with Crippen LogP contribution in [0.4, 0.5) is 0 Å². The molecule has 5 heteroatoms. The van der Waals surface area contributed by atoms with Gasteiger partial charge >= 0.3 is 5.97 Å². The summed E-state index contributed by atoms with van der Waals surface area (Å²) in [6.07, 6.45) is 1.53. The molecule has 104 valence electrons. The summed E-state index contributed by atoms with van der Waals surface area (Å²) in [5.74, 6) is -0.732. The SMILES string of the molecule is CC1(C)COCCN1CC1(C(=O)O)CCCOC1. The monoisotopic (exact) mass is 257 g/mol. The van der Waals surface area contributed by atoms with Crippen molar-refractivity contribution in [3.63, 3.8) is 0 Å². The highest BCUT2D eigenvalue weighted by Crippen LogP contribution is 2.33. The Bertz CT molecular complexity index is 310. The Morgan fingerprint density at radius 1 is 1.28 bits per heavy atom. The van der Waals surface area contributed by atoms with E-state index >= 15 is 0 Å². The molecule has 1 N–H and O–H groups in total. The molecule has 2 heterocycles. The van der Waals surface area contributed by atoms with Crippen LogP contribution in [0.3, 0.4) is 0 Å². The van der Waals surface area contributed by atoms with Gasteiger partial charge in [-0.2, -0.15) is 0 Å². The topological polar surface area (TPSA) is 59.0 Å². The molecule has 0 saturated carbocycles. The molecular formula is C13H23NO4. The van der Waals surface area contributed by atoms with E-state index in [4.69, 9.17) is 9.47 Å². The number of nitrogens with zero attached hydrogens (tertiary/aromatic N) is 1. The molecule has 2 fully saturated rings. The number of carbonyl (C=O) groups is 1. The Hall–Kier alpha value is -0.650. The predicted molar refractivity (Wildman–Crippen MR) is 66.6 cm³/mol. The second kappa shape index (κ2) is 5.15. The molecule has 0 amide bonds. The van der Waals surface area contributed by atoms with Crippen LogP contribution in [0.5, 0.6) is 0 Å². The molecule has 1 atom stereocenters.